The Bertz CT molecular complexity index is 1140. The Hall–Kier alpha value is -2.71. The van der Waals surface area contributed by atoms with Gasteiger partial charge in [0.2, 0.25) is 0 Å². The first-order valence-electron chi connectivity index (χ1n) is 11.9. The summed E-state index contributed by atoms with van der Waals surface area (Å²) in [6.45, 7) is 2.14. The molecule has 1 aliphatic heterocycles. The van der Waals surface area contributed by atoms with E-state index in [1.54, 1.807) is 12.1 Å². The van der Waals surface area contributed by atoms with Gasteiger partial charge >= 0.3 is 0 Å². The molecule has 1 heterocycles. The zero-order valence-electron chi connectivity index (χ0n) is 20.0. The highest BCUT2D eigenvalue weighted by atomic mass is 32.2. The molecule has 0 bridgehead atoms. The van der Waals surface area contributed by atoms with E-state index in [0.29, 0.717) is 12.3 Å². The normalized spacial score (nSPS) is 16.7. The molecule has 6 nitrogen and oxygen atoms in total. The van der Waals surface area contributed by atoms with E-state index in [4.69, 9.17) is 4.74 Å². The van der Waals surface area contributed by atoms with Crippen molar-refractivity contribution in [2.75, 3.05) is 32.5 Å². The number of hydrogen-bond acceptors (Lipinski definition) is 6. The minimum absolute atomic E-state index is 0.0605. The number of benzene rings is 3. The molecule has 1 saturated heterocycles. The van der Waals surface area contributed by atoms with Crippen molar-refractivity contribution in [1.29, 1.82) is 0 Å². The molecule has 186 valence electrons. The average Bonchev–Trinajstić information content (AvgIpc) is 2.88. The molecule has 1 aliphatic rings. The molecule has 7 heteroatoms. The summed E-state index contributed by atoms with van der Waals surface area (Å²) in [7, 11) is -3.25. The van der Waals surface area contributed by atoms with Crippen LogP contribution in [-0.4, -0.2) is 62.1 Å². The van der Waals surface area contributed by atoms with E-state index in [9.17, 15) is 18.6 Å². The molecular weight excluding hydrogens is 462 g/mol. The fraction of sp³-hybridized carbons (Fsp3) is 0.357. The van der Waals surface area contributed by atoms with Gasteiger partial charge in [-0.15, -0.1) is 0 Å². The summed E-state index contributed by atoms with van der Waals surface area (Å²) in [4.78, 5) is 2.44. The summed E-state index contributed by atoms with van der Waals surface area (Å²) >= 11 is 0. The van der Waals surface area contributed by atoms with Gasteiger partial charge in [-0.1, -0.05) is 60.7 Å². The third-order valence-corrected chi connectivity index (χ3v) is 7.90. The average molecular weight is 496 g/mol. The Kier molecular flexibility index (Phi) is 7.91. The molecular formula is C28H33NO5S. The van der Waals surface area contributed by atoms with E-state index in [0.717, 1.165) is 43.3 Å². The number of nitrogens with zero attached hydrogens (tertiary/aromatic N) is 1. The summed E-state index contributed by atoms with van der Waals surface area (Å²) in [6, 6.07) is 25.9. The number of piperidine rings is 1. The molecule has 1 fully saturated rings. The molecule has 35 heavy (non-hydrogen) atoms. The lowest BCUT2D eigenvalue weighted by Gasteiger charge is -2.42. The number of aliphatic hydroxyl groups excluding tert-OH is 1. The number of hydrogen-bond donors (Lipinski definition) is 2. The Morgan fingerprint density at radius 1 is 0.914 bits per heavy atom. The third kappa shape index (κ3) is 6.11. The van der Waals surface area contributed by atoms with Gasteiger partial charge in [0, 0.05) is 12.8 Å². The lowest BCUT2D eigenvalue weighted by molar-refractivity contribution is -0.0222. The molecule has 1 atom stereocenters. The Morgan fingerprint density at radius 2 is 1.43 bits per heavy atom. The summed E-state index contributed by atoms with van der Waals surface area (Å²) in [6.07, 6.45) is 2.10. The van der Waals surface area contributed by atoms with Crippen LogP contribution in [0.25, 0.3) is 0 Å². The number of aliphatic hydroxyl groups is 2. The largest absolute Gasteiger partial charge is 0.491 e. The summed E-state index contributed by atoms with van der Waals surface area (Å²) in [5.41, 5.74) is 0.744. The molecule has 2 N–H and O–H groups in total. The highest BCUT2D eigenvalue weighted by Crippen LogP contribution is 2.41. The van der Waals surface area contributed by atoms with E-state index < -0.39 is 21.5 Å². The summed E-state index contributed by atoms with van der Waals surface area (Å²) < 4.78 is 28.8. The van der Waals surface area contributed by atoms with Crippen LogP contribution >= 0.6 is 0 Å². The molecule has 4 rings (SSSR count). The van der Waals surface area contributed by atoms with Crippen LogP contribution in [0.2, 0.25) is 0 Å². The number of sulfone groups is 1. The maximum absolute atomic E-state index is 12.0. The second kappa shape index (κ2) is 10.9. The third-order valence-electron chi connectivity index (χ3n) is 6.77. The molecule has 0 radical (unpaired) electrons. The summed E-state index contributed by atoms with van der Waals surface area (Å²) in [5, 5.41) is 22.5. The van der Waals surface area contributed by atoms with Crippen molar-refractivity contribution in [2.24, 2.45) is 5.92 Å². The fourth-order valence-electron chi connectivity index (χ4n) is 4.88. The van der Waals surface area contributed by atoms with Crippen molar-refractivity contribution in [1.82, 2.24) is 4.90 Å². The molecule has 0 unspecified atom stereocenters. The van der Waals surface area contributed by atoms with Crippen molar-refractivity contribution < 1.29 is 23.4 Å². The van der Waals surface area contributed by atoms with Crippen LogP contribution in [0, 0.1) is 5.92 Å². The first-order valence-corrected chi connectivity index (χ1v) is 13.8. The predicted molar refractivity (Wildman–Crippen MR) is 136 cm³/mol. The van der Waals surface area contributed by atoms with Gasteiger partial charge in [-0.2, -0.15) is 0 Å². The van der Waals surface area contributed by atoms with Crippen LogP contribution in [0.1, 0.15) is 24.0 Å². The van der Waals surface area contributed by atoms with E-state index >= 15 is 0 Å². The predicted octanol–water partition coefficient (Wildman–Crippen LogP) is 3.48. The van der Waals surface area contributed by atoms with Gasteiger partial charge < -0.3 is 19.8 Å². The van der Waals surface area contributed by atoms with Crippen molar-refractivity contribution in [2.45, 2.75) is 29.4 Å². The van der Waals surface area contributed by atoms with Gasteiger partial charge in [0.05, 0.1) is 4.90 Å². The van der Waals surface area contributed by atoms with E-state index in [1.807, 2.05) is 60.7 Å². The van der Waals surface area contributed by atoms with Crippen molar-refractivity contribution in [3.63, 3.8) is 0 Å². The standard InChI is InChI=1S/C28H33NO5S/c1-35(32,33)27-14-12-26(13-15-27)34-21-25(30)20-29-18-16-24(17-19-29)28(31,22-8-4-2-5-9-22)23-10-6-3-7-11-23/h2-15,24-25,30-31H,16-21H2,1H3/t25-/m0/s1. The van der Waals surface area contributed by atoms with Crippen molar-refractivity contribution in [3.8, 4) is 5.75 Å². The SMILES string of the molecule is CS(=O)(=O)c1ccc(OC[C@@H](O)CN2CCC(C(O)(c3ccccc3)c3ccccc3)CC2)cc1. The lowest BCUT2D eigenvalue weighted by Crippen LogP contribution is -2.46. The van der Waals surface area contributed by atoms with Crippen LogP contribution < -0.4 is 4.74 Å². The Labute approximate surface area is 207 Å². The van der Waals surface area contributed by atoms with E-state index in [-0.39, 0.29) is 17.4 Å². The van der Waals surface area contributed by atoms with Gasteiger partial charge in [-0.25, -0.2) is 8.42 Å². The maximum Gasteiger partial charge on any atom is 0.175 e. The second-order valence-electron chi connectivity index (χ2n) is 9.28. The maximum atomic E-state index is 12.0. The molecule has 0 spiro atoms. The Balaban J connectivity index is 1.33. The monoisotopic (exact) mass is 495 g/mol. The zero-order valence-corrected chi connectivity index (χ0v) is 20.8. The topological polar surface area (TPSA) is 87.1 Å². The minimum atomic E-state index is -3.25. The number of β-amino-alcohol motifs (C(OH)–C–C–N with tert-alkyl or cyclic N) is 1. The lowest BCUT2D eigenvalue weighted by atomic mass is 9.72. The van der Waals surface area contributed by atoms with Crippen LogP contribution in [-0.2, 0) is 15.4 Å². The number of rotatable bonds is 9. The van der Waals surface area contributed by atoms with E-state index in [2.05, 4.69) is 4.90 Å². The second-order valence-corrected chi connectivity index (χ2v) is 11.3. The number of ether oxygens (including phenoxy) is 1. The fourth-order valence-corrected chi connectivity index (χ4v) is 5.51. The molecule has 0 amide bonds. The Morgan fingerprint density at radius 3 is 1.91 bits per heavy atom. The zero-order chi connectivity index (χ0) is 24.9. The van der Waals surface area contributed by atoms with Crippen LogP contribution in [0.15, 0.2) is 89.8 Å². The number of likely N-dealkylation sites (tertiary alicyclic amines) is 1. The highest BCUT2D eigenvalue weighted by Gasteiger charge is 2.41. The van der Waals surface area contributed by atoms with E-state index in [1.165, 1.54) is 12.1 Å². The van der Waals surface area contributed by atoms with Gasteiger partial charge in [-0.05, 0) is 67.2 Å². The van der Waals surface area contributed by atoms with Crippen LogP contribution in [0.5, 0.6) is 5.75 Å². The van der Waals surface area contributed by atoms with Crippen molar-refractivity contribution in [3.05, 3.63) is 96.1 Å². The molecule has 3 aromatic rings. The van der Waals surface area contributed by atoms with Gasteiger partial charge in [0.15, 0.2) is 9.84 Å². The molecule has 3 aromatic carbocycles. The van der Waals surface area contributed by atoms with Gasteiger partial charge in [-0.3, -0.25) is 0 Å². The molecule has 0 aliphatic carbocycles. The first-order chi connectivity index (χ1) is 16.8. The molecule has 0 saturated carbocycles. The quantitative estimate of drug-likeness (QED) is 0.473. The molecule has 0 aromatic heterocycles. The summed E-state index contributed by atoms with van der Waals surface area (Å²) in [5.74, 6) is 0.580. The van der Waals surface area contributed by atoms with Gasteiger partial charge in [0.1, 0.15) is 24.1 Å². The van der Waals surface area contributed by atoms with Crippen LogP contribution in [0.3, 0.4) is 0 Å². The smallest absolute Gasteiger partial charge is 0.175 e. The van der Waals surface area contributed by atoms with Crippen molar-refractivity contribution >= 4 is 9.84 Å². The van der Waals surface area contributed by atoms with Gasteiger partial charge in [0.25, 0.3) is 0 Å². The minimum Gasteiger partial charge on any atom is -0.491 e. The van der Waals surface area contributed by atoms with Crippen LogP contribution in [0.4, 0.5) is 0 Å². The highest BCUT2D eigenvalue weighted by molar-refractivity contribution is 7.90. The first kappa shape index (κ1) is 25.4.